The molecular weight excluding hydrogens is 284 g/mol. The minimum atomic E-state index is -0.841. The van der Waals surface area contributed by atoms with Gasteiger partial charge < -0.3 is 20.1 Å². The fraction of sp³-hybridized carbons (Fsp3) is 0.500. The fourth-order valence-corrected chi connectivity index (χ4v) is 2.45. The molecule has 1 heterocycles. The van der Waals surface area contributed by atoms with Gasteiger partial charge in [0.15, 0.2) is 0 Å². The molecule has 0 spiro atoms. The van der Waals surface area contributed by atoms with Crippen LogP contribution in [0.25, 0.3) is 0 Å². The number of urea groups is 1. The normalized spacial score (nSPS) is 18.8. The third kappa shape index (κ3) is 4.38. The summed E-state index contributed by atoms with van der Waals surface area (Å²) < 4.78 is 5.74. The van der Waals surface area contributed by atoms with Gasteiger partial charge in [0.2, 0.25) is 0 Å². The van der Waals surface area contributed by atoms with Gasteiger partial charge in [-0.2, -0.15) is 0 Å². The predicted octanol–water partition coefficient (Wildman–Crippen LogP) is 1.88. The van der Waals surface area contributed by atoms with Crippen LogP contribution in [0.15, 0.2) is 24.3 Å². The minimum Gasteiger partial charge on any atom is -0.489 e. The predicted molar refractivity (Wildman–Crippen MR) is 82.0 cm³/mol. The Morgan fingerprint density at radius 2 is 2.27 bits per heavy atom. The number of hydrogen-bond acceptors (Lipinski definition) is 3. The van der Waals surface area contributed by atoms with Gasteiger partial charge in [-0.25, -0.2) is 4.79 Å². The van der Waals surface area contributed by atoms with Crippen LogP contribution in [0.2, 0.25) is 0 Å². The van der Waals surface area contributed by atoms with Crippen molar-refractivity contribution in [1.82, 2.24) is 10.2 Å². The molecule has 2 atom stereocenters. The lowest BCUT2D eigenvalue weighted by atomic mass is 10.1. The summed E-state index contributed by atoms with van der Waals surface area (Å²) in [6, 6.07) is 7.50. The number of benzene rings is 1. The number of likely N-dealkylation sites (tertiary alicyclic amines) is 1. The molecule has 2 amide bonds. The third-order valence-corrected chi connectivity index (χ3v) is 3.69. The van der Waals surface area contributed by atoms with Gasteiger partial charge in [-0.05, 0) is 38.0 Å². The van der Waals surface area contributed by atoms with Crippen molar-refractivity contribution in [3.05, 3.63) is 29.8 Å². The van der Waals surface area contributed by atoms with Gasteiger partial charge in [0, 0.05) is 13.1 Å². The molecule has 0 aromatic heterocycles. The number of amides is 2. The lowest BCUT2D eigenvalue weighted by Gasteiger charge is -2.20. The standard InChI is InChI=1S/C16H22N2O4/c1-11-4-3-5-14(8-11)22-12(2)9-17-16(21)18-7-6-13(10-18)15(19)20/h3-5,8,12-13H,6-7,9-10H2,1-2H3,(H,17,21)(H,19,20). The van der Waals surface area contributed by atoms with E-state index in [0.29, 0.717) is 19.5 Å². The van der Waals surface area contributed by atoms with Gasteiger partial charge in [0.05, 0.1) is 12.5 Å². The zero-order valence-corrected chi connectivity index (χ0v) is 12.9. The Hall–Kier alpha value is -2.24. The third-order valence-electron chi connectivity index (χ3n) is 3.69. The Bertz CT molecular complexity index is 547. The Morgan fingerprint density at radius 3 is 2.91 bits per heavy atom. The number of carboxylic acids is 1. The first-order valence-corrected chi connectivity index (χ1v) is 7.44. The maximum absolute atomic E-state index is 12.0. The molecule has 0 radical (unpaired) electrons. The Balaban J connectivity index is 1.75. The summed E-state index contributed by atoms with van der Waals surface area (Å²) in [5, 5.41) is 11.7. The fourth-order valence-electron chi connectivity index (χ4n) is 2.45. The summed E-state index contributed by atoms with van der Waals surface area (Å²) in [6.45, 7) is 5.00. The van der Waals surface area contributed by atoms with Crippen LogP contribution < -0.4 is 10.1 Å². The number of rotatable bonds is 5. The SMILES string of the molecule is Cc1cccc(OC(C)CNC(=O)N2CCC(C(=O)O)C2)c1. The Kier molecular flexibility index (Phi) is 5.25. The first-order chi connectivity index (χ1) is 10.5. The molecule has 0 aliphatic carbocycles. The lowest BCUT2D eigenvalue weighted by molar-refractivity contribution is -0.141. The van der Waals surface area contributed by atoms with Crippen LogP contribution in [0.1, 0.15) is 18.9 Å². The van der Waals surface area contributed by atoms with Crippen molar-refractivity contribution in [2.45, 2.75) is 26.4 Å². The number of ether oxygens (including phenoxy) is 1. The molecule has 2 N–H and O–H groups in total. The first kappa shape index (κ1) is 16.1. The van der Waals surface area contributed by atoms with E-state index < -0.39 is 11.9 Å². The summed E-state index contributed by atoms with van der Waals surface area (Å²) in [6.07, 6.45) is 0.349. The van der Waals surface area contributed by atoms with Gasteiger partial charge in [-0.15, -0.1) is 0 Å². The second-order valence-electron chi connectivity index (χ2n) is 5.70. The second-order valence-corrected chi connectivity index (χ2v) is 5.70. The van der Waals surface area contributed by atoms with Crippen molar-refractivity contribution >= 4 is 12.0 Å². The second kappa shape index (κ2) is 7.15. The first-order valence-electron chi connectivity index (χ1n) is 7.44. The minimum absolute atomic E-state index is 0.163. The smallest absolute Gasteiger partial charge is 0.317 e. The number of aryl methyl sites for hydroxylation is 1. The monoisotopic (exact) mass is 306 g/mol. The molecule has 0 bridgehead atoms. The molecule has 2 unspecified atom stereocenters. The van der Waals surface area contributed by atoms with Crippen LogP contribution in [-0.2, 0) is 4.79 Å². The summed E-state index contributed by atoms with van der Waals surface area (Å²) in [5.74, 6) is -0.521. The highest BCUT2D eigenvalue weighted by atomic mass is 16.5. The quantitative estimate of drug-likeness (QED) is 0.870. The molecule has 6 nitrogen and oxygen atoms in total. The van der Waals surface area contributed by atoms with Crippen molar-refractivity contribution in [3.63, 3.8) is 0 Å². The number of nitrogens with zero attached hydrogens (tertiary/aromatic N) is 1. The molecule has 1 fully saturated rings. The number of carboxylic acid groups (broad SMARTS) is 1. The summed E-state index contributed by atoms with van der Waals surface area (Å²) in [4.78, 5) is 24.4. The maximum atomic E-state index is 12.0. The van der Waals surface area contributed by atoms with Crippen LogP contribution in [0.4, 0.5) is 4.79 Å². The van der Waals surface area contributed by atoms with Crippen LogP contribution in [0.3, 0.4) is 0 Å². The van der Waals surface area contributed by atoms with Gasteiger partial charge >= 0.3 is 12.0 Å². The van der Waals surface area contributed by atoms with E-state index in [2.05, 4.69) is 5.32 Å². The lowest BCUT2D eigenvalue weighted by Crippen LogP contribution is -2.42. The molecule has 1 aliphatic heterocycles. The van der Waals surface area contributed by atoms with Crippen LogP contribution in [0, 0.1) is 12.8 Å². The van der Waals surface area contributed by atoms with Crippen LogP contribution >= 0.6 is 0 Å². The molecule has 120 valence electrons. The zero-order valence-electron chi connectivity index (χ0n) is 12.9. The van der Waals surface area contributed by atoms with E-state index in [1.54, 1.807) is 0 Å². The largest absolute Gasteiger partial charge is 0.489 e. The van der Waals surface area contributed by atoms with E-state index in [1.165, 1.54) is 4.90 Å². The molecule has 1 aliphatic rings. The van der Waals surface area contributed by atoms with E-state index in [0.717, 1.165) is 11.3 Å². The highest BCUT2D eigenvalue weighted by Gasteiger charge is 2.30. The van der Waals surface area contributed by atoms with Crippen molar-refractivity contribution in [1.29, 1.82) is 0 Å². The average molecular weight is 306 g/mol. The zero-order chi connectivity index (χ0) is 16.1. The van der Waals surface area contributed by atoms with Crippen molar-refractivity contribution in [2.75, 3.05) is 19.6 Å². The molecule has 6 heteroatoms. The van der Waals surface area contributed by atoms with Crippen molar-refractivity contribution < 1.29 is 19.4 Å². The van der Waals surface area contributed by atoms with Gasteiger partial charge in [-0.1, -0.05) is 12.1 Å². The summed E-state index contributed by atoms with van der Waals surface area (Å²) >= 11 is 0. The van der Waals surface area contributed by atoms with Gasteiger partial charge in [0.1, 0.15) is 11.9 Å². The number of nitrogens with one attached hydrogen (secondary N) is 1. The molecule has 1 aromatic rings. The van der Waals surface area contributed by atoms with Gasteiger partial charge in [-0.3, -0.25) is 4.79 Å². The van der Waals surface area contributed by atoms with E-state index in [-0.39, 0.29) is 18.7 Å². The van der Waals surface area contributed by atoms with E-state index in [1.807, 2.05) is 38.1 Å². The average Bonchev–Trinajstić information content (AvgIpc) is 2.95. The molecule has 22 heavy (non-hydrogen) atoms. The van der Waals surface area contributed by atoms with E-state index in [4.69, 9.17) is 9.84 Å². The highest BCUT2D eigenvalue weighted by Crippen LogP contribution is 2.16. The van der Waals surface area contributed by atoms with E-state index >= 15 is 0 Å². The van der Waals surface area contributed by atoms with E-state index in [9.17, 15) is 9.59 Å². The Labute approximate surface area is 130 Å². The Morgan fingerprint density at radius 1 is 1.50 bits per heavy atom. The highest BCUT2D eigenvalue weighted by molar-refractivity contribution is 5.77. The van der Waals surface area contributed by atoms with Crippen LogP contribution in [-0.4, -0.2) is 47.7 Å². The van der Waals surface area contributed by atoms with Crippen molar-refractivity contribution in [3.8, 4) is 5.75 Å². The van der Waals surface area contributed by atoms with Crippen LogP contribution in [0.5, 0.6) is 5.75 Å². The number of aliphatic carboxylic acids is 1. The number of hydrogen-bond donors (Lipinski definition) is 2. The number of carbonyl (C=O) groups is 2. The van der Waals surface area contributed by atoms with Gasteiger partial charge in [0.25, 0.3) is 0 Å². The molecule has 1 aromatic carbocycles. The number of carbonyl (C=O) groups excluding carboxylic acids is 1. The van der Waals surface area contributed by atoms with Crippen molar-refractivity contribution in [2.24, 2.45) is 5.92 Å². The summed E-state index contributed by atoms with van der Waals surface area (Å²) in [5.41, 5.74) is 1.12. The molecule has 1 saturated heterocycles. The molecule has 0 saturated carbocycles. The molecular formula is C16H22N2O4. The summed E-state index contributed by atoms with van der Waals surface area (Å²) in [7, 11) is 0. The maximum Gasteiger partial charge on any atom is 0.317 e. The molecule has 2 rings (SSSR count). The topological polar surface area (TPSA) is 78.9 Å².